The van der Waals surface area contributed by atoms with Crippen molar-refractivity contribution in [1.29, 1.82) is 0 Å². The van der Waals surface area contributed by atoms with Crippen LogP contribution in [0.25, 0.3) is 0 Å². The standard InChI is InChI=1S/C14H20FNO/c1-10(16-11-5-3-4-6-11)13-8-7-12(17-2)9-14(13)15/h7-11,16H,3-6H2,1-2H3. The van der Waals surface area contributed by atoms with Crippen molar-refractivity contribution in [2.24, 2.45) is 0 Å². The van der Waals surface area contributed by atoms with Crippen molar-refractivity contribution in [2.75, 3.05) is 7.11 Å². The second-order valence-electron chi connectivity index (χ2n) is 4.76. The Kier molecular flexibility index (Phi) is 4.00. The smallest absolute Gasteiger partial charge is 0.131 e. The molecule has 0 aliphatic heterocycles. The van der Waals surface area contributed by atoms with Gasteiger partial charge in [-0.15, -0.1) is 0 Å². The minimum absolute atomic E-state index is 0.0593. The zero-order valence-electron chi connectivity index (χ0n) is 10.5. The van der Waals surface area contributed by atoms with Crippen molar-refractivity contribution in [3.05, 3.63) is 29.6 Å². The number of ether oxygens (including phenoxy) is 1. The Morgan fingerprint density at radius 1 is 1.35 bits per heavy atom. The summed E-state index contributed by atoms with van der Waals surface area (Å²) in [6, 6.07) is 5.67. The number of hydrogen-bond acceptors (Lipinski definition) is 2. The van der Waals surface area contributed by atoms with Gasteiger partial charge in [0.2, 0.25) is 0 Å². The molecule has 3 heteroatoms. The first kappa shape index (κ1) is 12.4. The molecule has 0 heterocycles. The third-order valence-corrected chi connectivity index (χ3v) is 3.51. The molecule has 1 aliphatic rings. The molecule has 0 amide bonds. The monoisotopic (exact) mass is 237 g/mol. The molecule has 0 radical (unpaired) electrons. The van der Waals surface area contributed by atoms with Crippen molar-refractivity contribution >= 4 is 0 Å². The number of rotatable bonds is 4. The lowest BCUT2D eigenvalue weighted by molar-refractivity contribution is 0.407. The van der Waals surface area contributed by atoms with Gasteiger partial charge in [-0.3, -0.25) is 0 Å². The van der Waals surface area contributed by atoms with Crippen molar-refractivity contribution in [3.8, 4) is 5.75 Å². The molecule has 2 nitrogen and oxygen atoms in total. The number of hydrogen-bond donors (Lipinski definition) is 1. The summed E-state index contributed by atoms with van der Waals surface area (Å²) in [4.78, 5) is 0. The van der Waals surface area contributed by atoms with Gasteiger partial charge in [-0.05, 0) is 25.8 Å². The van der Waals surface area contributed by atoms with E-state index in [9.17, 15) is 4.39 Å². The summed E-state index contributed by atoms with van der Waals surface area (Å²) in [5, 5.41) is 3.49. The van der Waals surface area contributed by atoms with Crippen LogP contribution >= 0.6 is 0 Å². The molecule has 1 saturated carbocycles. The molecule has 94 valence electrons. The molecule has 1 fully saturated rings. The number of nitrogens with one attached hydrogen (secondary N) is 1. The van der Waals surface area contributed by atoms with Gasteiger partial charge in [-0.2, -0.15) is 0 Å². The highest BCUT2D eigenvalue weighted by atomic mass is 19.1. The van der Waals surface area contributed by atoms with Gasteiger partial charge in [0.1, 0.15) is 11.6 Å². The SMILES string of the molecule is COc1ccc(C(C)NC2CCCC2)c(F)c1. The maximum atomic E-state index is 13.8. The van der Waals surface area contributed by atoms with Crippen LogP contribution in [0.3, 0.4) is 0 Å². The summed E-state index contributed by atoms with van der Waals surface area (Å²) in [5.74, 6) is 0.377. The van der Waals surface area contributed by atoms with E-state index in [1.165, 1.54) is 31.7 Å². The largest absolute Gasteiger partial charge is 0.497 e. The predicted octanol–water partition coefficient (Wildman–Crippen LogP) is 3.43. The van der Waals surface area contributed by atoms with Gasteiger partial charge in [0.05, 0.1) is 7.11 Å². The fourth-order valence-electron chi connectivity index (χ4n) is 2.52. The highest BCUT2D eigenvalue weighted by molar-refractivity contribution is 5.30. The molecular weight excluding hydrogens is 217 g/mol. The summed E-state index contributed by atoms with van der Waals surface area (Å²) in [5.41, 5.74) is 0.720. The van der Waals surface area contributed by atoms with Crippen LogP contribution in [0.1, 0.15) is 44.2 Å². The lowest BCUT2D eigenvalue weighted by Gasteiger charge is -2.20. The Bertz CT molecular complexity index is 374. The van der Waals surface area contributed by atoms with Crippen molar-refractivity contribution in [3.63, 3.8) is 0 Å². The zero-order chi connectivity index (χ0) is 12.3. The van der Waals surface area contributed by atoms with Crippen molar-refractivity contribution in [2.45, 2.75) is 44.7 Å². The van der Waals surface area contributed by atoms with Crippen LogP contribution in [0.5, 0.6) is 5.75 Å². The maximum Gasteiger partial charge on any atom is 0.131 e. The van der Waals surface area contributed by atoms with Gasteiger partial charge in [0.15, 0.2) is 0 Å². The summed E-state index contributed by atoms with van der Waals surface area (Å²) >= 11 is 0. The lowest BCUT2D eigenvalue weighted by Crippen LogP contribution is -2.29. The third-order valence-electron chi connectivity index (χ3n) is 3.51. The van der Waals surface area contributed by atoms with E-state index in [0.29, 0.717) is 11.8 Å². The second-order valence-corrected chi connectivity index (χ2v) is 4.76. The second kappa shape index (κ2) is 5.50. The minimum atomic E-state index is -0.192. The van der Waals surface area contributed by atoms with E-state index in [4.69, 9.17) is 4.74 Å². The van der Waals surface area contributed by atoms with E-state index in [0.717, 1.165) is 5.56 Å². The van der Waals surface area contributed by atoms with E-state index in [-0.39, 0.29) is 11.9 Å². The summed E-state index contributed by atoms with van der Waals surface area (Å²) in [6.45, 7) is 2.02. The summed E-state index contributed by atoms with van der Waals surface area (Å²) < 4.78 is 18.8. The first-order valence-corrected chi connectivity index (χ1v) is 6.30. The normalized spacial score (nSPS) is 18.3. The van der Waals surface area contributed by atoms with E-state index >= 15 is 0 Å². The molecule has 1 aromatic rings. The molecule has 17 heavy (non-hydrogen) atoms. The van der Waals surface area contributed by atoms with Gasteiger partial charge in [0.25, 0.3) is 0 Å². The molecule has 0 saturated heterocycles. The Hall–Kier alpha value is -1.09. The maximum absolute atomic E-state index is 13.8. The Labute approximate surface area is 102 Å². The molecule has 1 aromatic carbocycles. The molecule has 1 unspecified atom stereocenters. The minimum Gasteiger partial charge on any atom is -0.497 e. The topological polar surface area (TPSA) is 21.3 Å². The molecule has 1 N–H and O–H groups in total. The third kappa shape index (κ3) is 2.97. The van der Waals surface area contributed by atoms with E-state index in [1.807, 2.05) is 13.0 Å². The molecule has 0 spiro atoms. The number of benzene rings is 1. The number of halogens is 1. The van der Waals surface area contributed by atoms with Gasteiger partial charge >= 0.3 is 0 Å². The summed E-state index contributed by atoms with van der Waals surface area (Å²) in [7, 11) is 1.55. The first-order chi connectivity index (χ1) is 8.20. The lowest BCUT2D eigenvalue weighted by atomic mass is 10.1. The van der Waals surface area contributed by atoms with E-state index in [1.54, 1.807) is 13.2 Å². The van der Waals surface area contributed by atoms with Crippen LogP contribution in [0.2, 0.25) is 0 Å². The van der Waals surface area contributed by atoms with Gasteiger partial charge in [-0.25, -0.2) is 4.39 Å². The number of methoxy groups -OCH3 is 1. The Morgan fingerprint density at radius 2 is 2.06 bits per heavy atom. The molecule has 2 rings (SSSR count). The van der Waals surface area contributed by atoms with Gasteiger partial charge in [0, 0.05) is 23.7 Å². The highest BCUT2D eigenvalue weighted by Crippen LogP contribution is 2.25. The molecule has 0 aromatic heterocycles. The molecule has 0 bridgehead atoms. The van der Waals surface area contributed by atoms with E-state index in [2.05, 4.69) is 5.32 Å². The molecule has 1 atom stereocenters. The van der Waals surface area contributed by atoms with Crippen LogP contribution in [0, 0.1) is 5.82 Å². The average molecular weight is 237 g/mol. The van der Waals surface area contributed by atoms with Crippen LogP contribution in [0.4, 0.5) is 4.39 Å². The average Bonchev–Trinajstić information content (AvgIpc) is 2.81. The van der Waals surface area contributed by atoms with Gasteiger partial charge < -0.3 is 10.1 Å². The van der Waals surface area contributed by atoms with Gasteiger partial charge in [-0.1, -0.05) is 18.9 Å². The molecule has 1 aliphatic carbocycles. The summed E-state index contributed by atoms with van der Waals surface area (Å²) in [6.07, 6.45) is 5.00. The quantitative estimate of drug-likeness (QED) is 0.866. The molecular formula is C14H20FNO. The fourth-order valence-corrected chi connectivity index (χ4v) is 2.52. The van der Waals surface area contributed by atoms with Crippen molar-refractivity contribution < 1.29 is 9.13 Å². The van der Waals surface area contributed by atoms with Crippen LogP contribution in [-0.2, 0) is 0 Å². The van der Waals surface area contributed by atoms with Crippen LogP contribution in [0.15, 0.2) is 18.2 Å². The Balaban J connectivity index is 2.04. The van der Waals surface area contributed by atoms with Crippen molar-refractivity contribution in [1.82, 2.24) is 5.32 Å². The van der Waals surface area contributed by atoms with Crippen LogP contribution in [-0.4, -0.2) is 13.2 Å². The van der Waals surface area contributed by atoms with Crippen LogP contribution < -0.4 is 10.1 Å². The zero-order valence-corrected chi connectivity index (χ0v) is 10.5. The Morgan fingerprint density at radius 3 is 2.65 bits per heavy atom. The fraction of sp³-hybridized carbons (Fsp3) is 0.571. The first-order valence-electron chi connectivity index (χ1n) is 6.30. The van der Waals surface area contributed by atoms with E-state index < -0.39 is 0 Å². The highest BCUT2D eigenvalue weighted by Gasteiger charge is 2.19. The predicted molar refractivity (Wildman–Crippen MR) is 66.8 cm³/mol.